The number of hydrogen-bond donors (Lipinski definition) is 3. The van der Waals surface area contributed by atoms with Crippen molar-refractivity contribution in [3.8, 4) is 0 Å². The lowest BCUT2D eigenvalue weighted by Crippen LogP contribution is -2.52. The van der Waals surface area contributed by atoms with Crippen molar-refractivity contribution >= 4 is 12.0 Å². The van der Waals surface area contributed by atoms with Crippen molar-refractivity contribution in [1.82, 2.24) is 15.5 Å². The molecule has 1 aliphatic carbocycles. The Morgan fingerprint density at radius 3 is 2.20 bits per heavy atom. The van der Waals surface area contributed by atoms with E-state index in [0.717, 1.165) is 12.8 Å². The lowest BCUT2D eigenvalue weighted by molar-refractivity contribution is -0.148. The van der Waals surface area contributed by atoms with Gasteiger partial charge in [0.2, 0.25) is 0 Å². The highest BCUT2D eigenvalue weighted by molar-refractivity contribution is 5.78. The summed E-state index contributed by atoms with van der Waals surface area (Å²) in [7, 11) is 3.91. The summed E-state index contributed by atoms with van der Waals surface area (Å²) in [5.74, 6) is -0.802. The fourth-order valence-corrected chi connectivity index (χ4v) is 2.28. The second kappa shape index (κ2) is 6.43. The highest BCUT2D eigenvalue weighted by Crippen LogP contribution is 2.37. The van der Waals surface area contributed by atoms with Gasteiger partial charge in [0.1, 0.15) is 0 Å². The smallest absolute Gasteiger partial charge is 0.314 e. The molecule has 0 atom stereocenters. The van der Waals surface area contributed by atoms with Gasteiger partial charge in [0.15, 0.2) is 0 Å². The summed E-state index contributed by atoms with van der Waals surface area (Å²) < 4.78 is 0. The molecule has 0 aliphatic heterocycles. The van der Waals surface area contributed by atoms with E-state index in [1.807, 2.05) is 32.8 Å². The first-order chi connectivity index (χ1) is 9.19. The third-order valence-electron chi connectivity index (χ3n) is 4.49. The van der Waals surface area contributed by atoms with E-state index in [-0.39, 0.29) is 18.1 Å². The molecule has 0 bridgehead atoms. The Morgan fingerprint density at radius 2 is 1.75 bits per heavy atom. The van der Waals surface area contributed by atoms with Gasteiger partial charge >= 0.3 is 12.0 Å². The molecule has 1 aliphatic rings. The van der Waals surface area contributed by atoms with Crippen LogP contribution < -0.4 is 10.6 Å². The fourth-order valence-electron chi connectivity index (χ4n) is 2.28. The molecule has 1 fully saturated rings. The van der Waals surface area contributed by atoms with Gasteiger partial charge in [-0.05, 0) is 40.8 Å². The number of nitrogens with one attached hydrogen (secondary N) is 2. The molecule has 2 amide bonds. The van der Waals surface area contributed by atoms with E-state index in [2.05, 4.69) is 10.6 Å². The van der Waals surface area contributed by atoms with Gasteiger partial charge in [0.05, 0.1) is 5.41 Å². The number of amides is 2. The molecule has 0 spiro atoms. The van der Waals surface area contributed by atoms with Crippen LogP contribution in [0.15, 0.2) is 0 Å². The standard InChI is InChI=1S/C14H27N3O3/c1-13(2,17(3)4)9-15-12(20)16-10-14(11(18)19)7-5-6-8-14/h5-10H2,1-4H3,(H,18,19)(H2,15,16,20). The molecule has 0 aromatic rings. The van der Waals surface area contributed by atoms with Crippen LogP contribution in [-0.4, -0.2) is 54.7 Å². The molecular formula is C14H27N3O3. The number of aliphatic carboxylic acids is 1. The Morgan fingerprint density at radius 1 is 1.20 bits per heavy atom. The van der Waals surface area contributed by atoms with Crippen LogP contribution >= 0.6 is 0 Å². The van der Waals surface area contributed by atoms with E-state index in [1.54, 1.807) is 0 Å². The van der Waals surface area contributed by atoms with E-state index in [1.165, 1.54) is 0 Å². The first-order valence-corrected chi connectivity index (χ1v) is 7.12. The number of carbonyl (C=O) groups is 2. The van der Waals surface area contributed by atoms with Gasteiger partial charge in [0.25, 0.3) is 0 Å². The minimum atomic E-state index is -0.802. The molecule has 0 radical (unpaired) electrons. The van der Waals surface area contributed by atoms with Crippen LogP contribution in [0, 0.1) is 5.41 Å². The summed E-state index contributed by atoms with van der Waals surface area (Å²) in [5, 5.41) is 14.8. The summed E-state index contributed by atoms with van der Waals surface area (Å²) in [4.78, 5) is 25.2. The molecule has 0 unspecified atom stereocenters. The molecule has 20 heavy (non-hydrogen) atoms. The topological polar surface area (TPSA) is 81.7 Å². The number of likely N-dealkylation sites (N-methyl/N-ethyl adjacent to an activating group) is 1. The zero-order valence-corrected chi connectivity index (χ0v) is 13.0. The van der Waals surface area contributed by atoms with Crippen molar-refractivity contribution in [1.29, 1.82) is 0 Å². The van der Waals surface area contributed by atoms with Gasteiger partial charge in [-0.1, -0.05) is 12.8 Å². The van der Waals surface area contributed by atoms with Crippen molar-refractivity contribution in [2.24, 2.45) is 5.41 Å². The van der Waals surface area contributed by atoms with Gasteiger partial charge in [-0.15, -0.1) is 0 Å². The van der Waals surface area contributed by atoms with Crippen molar-refractivity contribution < 1.29 is 14.7 Å². The summed E-state index contributed by atoms with van der Waals surface area (Å²) >= 11 is 0. The van der Waals surface area contributed by atoms with E-state index >= 15 is 0 Å². The average Bonchev–Trinajstić information content (AvgIpc) is 2.84. The molecule has 116 valence electrons. The monoisotopic (exact) mass is 285 g/mol. The van der Waals surface area contributed by atoms with Crippen LogP contribution in [0.1, 0.15) is 39.5 Å². The molecule has 1 rings (SSSR count). The van der Waals surface area contributed by atoms with Gasteiger partial charge < -0.3 is 20.6 Å². The van der Waals surface area contributed by atoms with Crippen LogP contribution in [0.25, 0.3) is 0 Å². The molecule has 6 nitrogen and oxygen atoms in total. The Bertz CT molecular complexity index is 361. The molecule has 3 N–H and O–H groups in total. The SMILES string of the molecule is CN(C)C(C)(C)CNC(=O)NCC1(C(=O)O)CCCC1. The highest BCUT2D eigenvalue weighted by atomic mass is 16.4. The number of carboxylic acid groups (broad SMARTS) is 1. The van der Waals surface area contributed by atoms with Crippen LogP contribution in [-0.2, 0) is 4.79 Å². The normalized spacial score (nSPS) is 18.1. The molecular weight excluding hydrogens is 258 g/mol. The summed E-state index contributed by atoms with van der Waals surface area (Å²) in [5.41, 5.74) is -0.913. The fraction of sp³-hybridized carbons (Fsp3) is 0.857. The minimum Gasteiger partial charge on any atom is -0.481 e. The second-order valence-corrected chi connectivity index (χ2v) is 6.54. The maximum atomic E-state index is 11.8. The predicted octanol–water partition coefficient (Wildman–Crippen LogP) is 1.27. The minimum absolute atomic E-state index is 0.144. The van der Waals surface area contributed by atoms with Gasteiger partial charge in [-0.2, -0.15) is 0 Å². The molecule has 6 heteroatoms. The zero-order valence-electron chi connectivity index (χ0n) is 13.0. The van der Waals surface area contributed by atoms with Crippen LogP contribution in [0.5, 0.6) is 0 Å². The van der Waals surface area contributed by atoms with E-state index in [9.17, 15) is 14.7 Å². The lowest BCUT2D eigenvalue weighted by atomic mass is 9.86. The first kappa shape index (κ1) is 16.8. The molecule has 0 saturated heterocycles. The Balaban J connectivity index is 2.42. The van der Waals surface area contributed by atoms with Crippen LogP contribution in [0.4, 0.5) is 4.79 Å². The lowest BCUT2D eigenvalue weighted by Gasteiger charge is -2.32. The van der Waals surface area contributed by atoms with Gasteiger partial charge in [0, 0.05) is 18.6 Å². The number of rotatable bonds is 6. The molecule has 0 aromatic carbocycles. The van der Waals surface area contributed by atoms with Gasteiger partial charge in [-0.3, -0.25) is 4.79 Å². The van der Waals surface area contributed by atoms with E-state index in [4.69, 9.17) is 0 Å². The number of carbonyl (C=O) groups excluding carboxylic acids is 1. The van der Waals surface area contributed by atoms with Crippen molar-refractivity contribution in [2.45, 2.75) is 45.1 Å². The van der Waals surface area contributed by atoms with Crippen molar-refractivity contribution in [3.05, 3.63) is 0 Å². The second-order valence-electron chi connectivity index (χ2n) is 6.54. The van der Waals surface area contributed by atoms with E-state index < -0.39 is 11.4 Å². The maximum Gasteiger partial charge on any atom is 0.314 e. The predicted molar refractivity (Wildman–Crippen MR) is 77.7 cm³/mol. The number of nitrogens with zero attached hydrogens (tertiary/aromatic N) is 1. The quantitative estimate of drug-likeness (QED) is 0.686. The maximum absolute atomic E-state index is 11.8. The third-order valence-corrected chi connectivity index (χ3v) is 4.49. The van der Waals surface area contributed by atoms with Gasteiger partial charge in [-0.25, -0.2) is 4.79 Å². The highest BCUT2D eigenvalue weighted by Gasteiger charge is 2.41. The number of hydrogen-bond acceptors (Lipinski definition) is 3. The van der Waals surface area contributed by atoms with Crippen molar-refractivity contribution in [2.75, 3.05) is 27.2 Å². The molecule has 0 heterocycles. The van der Waals surface area contributed by atoms with Crippen LogP contribution in [0.3, 0.4) is 0 Å². The Hall–Kier alpha value is -1.30. The Labute approximate surface area is 120 Å². The largest absolute Gasteiger partial charge is 0.481 e. The summed E-state index contributed by atoms with van der Waals surface area (Å²) in [6, 6.07) is -0.299. The molecule has 0 aromatic heterocycles. The summed E-state index contributed by atoms with van der Waals surface area (Å²) in [6.45, 7) is 4.77. The van der Waals surface area contributed by atoms with E-state index in [0.29, 0.717) is 19.4 Å². The summed E-state index contributed by atoms with van der Waals surface area (Å²) in [6.07, 6.45) is 3.13. The number of urea groups is 1. The Kier molecular flexibility index (Phi) is 5.39. The first-order valence-electron chi connectivity index (χ1n) is 7.12. The van der Waals surface area contributed by atoms with Crippen molar-refractivity contribution in [3.63, 3.8) is 0 Å². The zero-order chi connectivity index (χ0) is 15.4. The number of carboxylic acids is 1. The third kappa shape index (κ3) is 4.10. The average molecular weight is 285 g/mol. The van der Waals surface area contributed by atoms with Crippen LogP contribution in [0.2, 0.25) is 0 Å². The molecule has 1 saturated carbocycles.